The molecule has 0 radical (unpaired) electrons. The Bertz CT molecular complexity index is 170. The third-order valence-corrected chi connectivity index (χ3v) is 1.76. The second-order valence-corrected chi connectivity index (χ2v) is 3.50. The Kier molecular flexibility index (Phi) is 3.05. The third kappa shape index (κ3) is 2.46. The molecule has 1 saturated heterocycles. The molecule has 0 aromatic rings. The smallest absolute Gasteiger partial charge is 0.335 e. The Hall–Kier alpha value is -0.610. The van der Waals surface area contributed by atoms with Gasteiger partial charge in [-0.3, -0.25) is 4.84 Å². The van der Waals surface area contributed by atoms with Crippen molar-refractivity contribution >= 4 is 5.97 Å². The van der Waals surface area contributed by atoms with Crippen LogP contribution in [0, 0.1) is 5.92 Å². The Balaban J connectivity index is 2.30. The molecular formula is C8H15NO3. The van der Waals surface area contributed by atoms with Crippen LogP contribution < -0.4 is 0 Å². The van der Waals surface area contributed by atoms with Gasteiger partial charge >= 0.3 is 5.97 Å². The summed E-state index contributed by atoms with van der Waals surface area (Å²) in [5, 5.41) is 10.4. The molecule has 4 heteroatoms. The first kappa shape index (κ1) is 9.48. The predicted molar refractivity (Wildman–Crippen MR) is 43.5 cm³/mol. The molecule has 0 amide bonds. The first-order valence-electron chi connectivity index (χ1n) is 4.24. The molecule has 0 aromatic heterocycles. The molecule has 1 rings (SSSR count). The molecule has 1 N–H and O–H groups in total. The lowest BCUT2D eigenvalue weighted by Crippen LogP contribution is -2.26. The van der Waals surface area contributed by atoms with Crippen LogP contribution in [-0.2, 0) is 9.63 Å². The molecule has 0 saturated carbocycles. The van der Waals surface area contributed by atoms with E-state index >= 15 is 0 Å². The second kappa shape index (κ2) is 3.87. The average Bonchev–Trinajstić information content (AvgIpc) is 2.34. The van der Waals surface area contributed by atoms with E-state index in [0.29, 0.717) is 12.3 Å². The Morgan fingerprint density at radius 3 is 2.83 bits per heavy atom. The summed E-state index contributed by atoms with van der Waals surface area (Å²) in [6.07, 6.45) is -0.0223. The normalized spacial score (nSPS) is 25.1. The van der Waals surface area contributed by atoms with Crippen molar-refractivity contribution in [2.75, 3.05) is 13.1 Å². The van der Waals surface area contributed by atoms with E-state index in [1.54, 1.807) is 5.06 Å². The van der Waals surface area contributed by atoms with Crippen LogP contribution in [0.1, 0.15) is 20.3 Å². The van der Waals surface area contributed by atoms with Gasteiger partial charge in [0.25, 0.3) is 0 Å². The lowest BCUT2D eigenvalue weighted by molar-refractivity contribution is -0.180. The molecule has 0 aromatic carbocycles. The zero-order valence-electron chi connectivity index (χ0n) is 7.49. The van der Waals surface area contributed by atoms with E-state index in [0.717, 1.165) is 13.1 Å². The van der Waals surface area contributed by atoms with Gasteiger partial charge in [0.05, 0.1) is 0 Å². The van der Waals surface area contributed by atoms with Crippen molar-refractivity contribution in [3.8, 4) is 0 Å². The number of hydroxylamine groups is 2. The van der Waals surface area contributed by atoms with Crippen molar-refractivity contribution in [2.24, 2.45) is 5.92 Å². The fourth-order valence-corrected chi connectivity index (χ4v) is 1.26. The minimum absolute atomic E-state index is 0.512. The monoisotopic (exact) mass is 173 g/mol. The largest absolute Gasteiger partial charge is 0.479 e. The van der Waals surface area contributed by atoms with E-state index < -0.39 is 12.1 Å². The number of hydrogen-bond acceptors (Lipinski definition) is 3. The molecule has 1 atom stereocenters. The van der Waals surface area contributed by atoms with Crippen molar-refractivity contribution in [3.63, 3.8) is 0 Å². The van der Waals surface area contributed by atoms with Gasteiger partial charge in [0, 0.05) is 19.5 Å². The summed E-state index contributed by atoms with van der Waals surface area (Å²) in [5.41, 5.74) is 0. The van der Waals surface area contributed by atoms with Crippen LogP contribution >= 0.6 is 0 Å². The Morgan fingerprint density at radius 1 is 1.75 bits per heavy atom. The summed E-state index contributed by atoms with van der Waals surface area (Å²) >= 11 is 0. The summed E-state index contributed by atoms with van der Waals surface area (Å²) in [4.78, 5) is 15.6. The van der Waals surface area contributed by atoms with E-state index in [-0.39, 0.29) is 0 Å². The lowest BCUT2D eigenvalue weighted by Gasteiger charge is -2.16. The van der Waals surface area contributed by atoms with Crippen LogP contribution in [0.5, 0.6) is 0 Å². The van der Waals surface area contributed by atoms with Gasteiger partial charge in [0.15, 0.2) is 6.10 Å². The fourth-order valence-electron chi connectivity index (χ4n) is 1.26. The number of rotatable bonds is 3. The minimum atomic E-state index is -0.860. The number of aliphatic carboxylic acids is 1. The maximum absolute atomic E-state index is 10.5. The van der Waals surface area contributed by atoms with E-state index in [1.165, 1.54) is 0 Å². The Labute approximate surface area is 72.1 Å². The number of carboxylic acid groups (broad SMARTS) is 1. The maximum atomic E-state index is 10.5. The highest BCUT2D eigenvalue weighted by Gasteiger charge is 2.29. The molecule has 70 valence electrons. The number of nitrogens with zero attached hydrogens (tertiary/aromatic N) is 1. The van der Waals surface area contributed by atoms with E-state index in [2.05, 4.69) is 13.8 Å². The Morgan fingerprint density at radius 2 is 2.42 bits per heavy atom. The van der Waals surface area contributed by atoms with Crippen LogP contribution in [0.3, 0.4) is 0 Å². The molecule has 1 unspecified atom stereocenters. The average molecular weight is 173 g/mol. The summed E-state index contributed by atoms with van der Waals surface area (Å²) in [7, 11) is 0. The molecule has 1 aliphatic heterocycles. The van der Waals surface area contributed by atoms with Gasteiger partial charge in [-0.15, -0.1) is 0 Å². The highest BCUT2D eigenvalue weighted by molar-refractivity contribution is 5.72. The quantitative estimate of drug-likeness (QED) is 0.683. The maximum Gasteiger partial charge on any atom is 0.335 e. The number of carbonyl (C=O) groups is 1. The van der Waals surface area contributed by atoms with E-state index in [4.69, 9.17) is 9.94 Å². The van der Waals surface area contributed by atoms with Crippen LogP contribution in [0.15, 0.2) is 0 Å². The lowest BCUT2D eigenvalue weighted by atomic mass is 10.2. The highest BCUT2D eigenvalue weighted by Crippen LogP contribution is 2.14. The minimum Gasteiger partial charge on any atom is -0.479 e. The van der Waals surface area contributed by atoms with Gasteiger partial charge in [-0.05, 0) is 5.92 Å². The van der Waals surface area contributed by atoms with Crippen molar-refractivity contribution in [3.05, 3.63) is 0 Å². The van der Waals surface area contributed by atoms with Crippen molar-refractivity contribution in [2.45, 2.75) is 26.4 Å². The van der Waals surface area contributed by atoms with Crippen molar-refractivity contribution < 1.29 is 14.7 Å². The summed E-state index contributed by atoms with van der Waals surface area (Å²) < 4.78 is 0. The SMILES string of the molecule is CC(C)CN1CCC(C(=O)O)O1. The zero-order valence-corrected chi connectivity index (χ0v) is 7.49. The third-order valence-electron chi connectivity index (χ3n) is 1.76. The topological polar surface area (TPSA) is 49.8 Å². The van der Waals surface area contributed by atoms with Crippen LogP contribution in [-0.4, -0.2) is 35.3 Å². The molecule has 1 fully saturated rings. The first-order chi connectivity index (χ1) is 5.59. The predicted octanol–water partition coefficient (Wildman–Crippen LogP) is 0.733. The van der Waals surface area contributed by atoms with Gasteiger partial charge in [-0.1, -0.05) is 13.8 Å². The van der Waals surface area contributed by atoms with Gasteiger partial charge in [-0.25, -0.2) is 4.79 Å². The van der Waals surface area contributed by atoms with Crippen molar-refractivity contribution in [1.82, 2.24) is 5.06 Å². The van der Waals surface area contributed by atoms with Gasteiger partial charge in [0.2, 0.25) is 0 Å². The van der Waals surface area contributed by atoms with Gasteiger partial charge in [-0.2, -0.15) is 5.06 Å². The first-order valence-corrected chi connectivity index (χ1v) is 4.24. The highest BCUT2D eigenvalue weighted by atomic mass is 16.7. The summed E-state index contributed by atoms with van der Waals surface area (Å²) in [6.45, 7) is 5.70. The zero-order chi connectivity index (χ0) is 9.14. The number of hydrogen-bond donors (Lipinski definition) is 1. The fraction of sp³-hybridized carbons (Fsp3) is 0.875. The van der Waals surface area contributed by atoms with E-state index in [1.807, 2.05) is 0 Å². The van der Waals surface area contributed by atoms with Crippen LogP contribution in [0.4, 0.5) is 0 Å². The summed E-state index contributed by atoms with van der Waals surface area (Å²) in [5.74, 6) is -0.348. The molecule has 12 heavy (non-hydrogen) atoms. The second-order valence-electron chi connectivity index (χ2n) is 3.50. The van der Waals surface area contributed by atoms with Gasteiger partial charge < -0.3 is 5.11 Å². The molecule has 1 aliphatic rings. The van der Waals surface area contributed by atoms with Crippen LogP contribution in [0.25, 0.3) is 0 Å². The standard InChI is InChI=1S/C8H15NO3/c1-6(2)5-9-4-3-7(12-9)8(10)11/h6-7H,3-5H2,1-2H3,(H,10,11). The molecule has 1 heterocycles. The molecule has 0 aliphatic carbocycles. The van der Waals surface area contributed by atoms with Crippen molar-refractivity contribution in [1.29, 1.82) is 0 Å². The summed E-state index contributed by atoms with van der Waals surface area (Å²) in [6, 6.07) is 0. The molecule has 0 spiro atoms. The van der Waals surface area contributed by atoms with E-state index in [9.17, 15) is 4.79 Å². The van der Waals surface area contributed by atoms with Crippen LogP contribution in [0.2, 0.25) is 0 Å². The molecule has 4 nitrogen and oxygen atoms in total. The number of carboxylic acids is 1. The molecule has 0 bridgehead atoms. The molecular weight excluding hydrogens is 158 g/mol. The van der Waals surface area contributed by atoms with Gasteiger partial charge in [0.1, 0.15) is 0 Å².